The standard InChI is InChI=1S/C16H24FNO2/c1-18(2)16(9-4-5-10-16)14(19)11-12-7-6-8-13(20-3)15(12)17/h6-8,14,19H,4-5,9-11H2,1-3H3. The van der Waals surface area contributed by atoms with Crippen molar-refractivity contribution >= 4 is 0 Å². The van der Waals surface area contributed by atoms with Crippen LogP contribution in [0, 0.1) is 5.82 Å². The van der Waals surface area contributed by atoms with E-state index in [9.17, 15) is 9.50 Å². The zero-order chi connectivity index (χ0) is 14.8. The second-order valence-corrected chi connectivity index (χ2v) is 5.86. The maximum atomic E-state index is 14.2. The lowest BCUT2D eigenvalue weighted by Crippen LogP contribution is -2.52. The number of halogens is 1. The number of hydrogen-bond donors (Lipinski definition) is 1. The first-order valence-corrected chi connectivity index (χ1v) is 7.18. The molecule has 1 N–H and O–H groups in total. The summed E-state index contributed by atoms with van der Waals surface area (Å²) in [7, 11) is 5.45. The largest absolute Gasteiger partial charge is 0.494 e. The van der Waals surface area contributed by atoms with E-state index in [2.05, 4.69) is 4.90 Å². The van der Waals surface area contributed by atoms with Crippen molar-refractivity contribution in [3.8, 4) is 5.75 Å². The highest BCUT2D eigenvalue weighted by Gasteiger charge is 2.42. The van der Waals surface area contributed by atoms with Gasteiger partial charge < -0.3 is 14.7 Å². The van der Waals surface area contributed by atoms with Crippen LogP contribution < -0.4 is 4.74 Å². The smallest absolute Gasteiger partial charge is 0.168 e. The van der Waals surface area contributed by atoms with Gasteiger partial charge in [-0.05, 0) is 38.6 Å². The number of hydrogen-bond acceptors (Lipinski definition) is 3. The van der Waals surface area contributed by atoms with Gasteiger partial charge in [-0.3, -0.25) is 0 Å². The van der Waals surface area contributed by atoms with Crippen molar-refractivity contribution in [3.63, 3.8) is 0 Å². The molecule has 1 saturated carbocycles. The van der Waals surface area contributed by atoms with Crippen LogP contribution in [0.3, 0.4) is 0 Å². The minimum Gasteiger partial charge on any atom is -0.494 e. The molecule has 0 aromatic heterocycles. The SMILES string of the molecule is COc1cccc(CC(O)C2(N(C)C)CCCC2)c1F. The Labute approximate surface area is 120 Å². The number of likely N-dealkylation sites (N-methyl/N-ethyl adjacent to an activating group) is 1. The molecule has 1 aliphatic rings. The van der Waals surface area contributed by atoms with Gasteiger partial charge >= 0.3 is 0 Å². The predicted octanol–water partition coefficient (Wildman–Crippen LogP) is 2.61. The summed E-state index contributed by atoms with van der Waals surface area (Å²) in [5.74, 6) is -0.124. The van der Waals surface area contributed by atoms with E-state index in [0.29, 0.717) is 12.0 Å². The topological polar surface area (TPSA) is 32.7 Å². The molecule has 0 amide bonds. The van der Waals surface area contributed by atoms with Crippen LogP contribution in [-0.2, 0) is 6.42 Å². The molecular weight excluding hydrogens is 257 g/mol. The van der Waals surface area contributed by atoms with E-state index in [-0.39, 0.29) is 17.1 Å². The molecule has 0 spiro atoms. The van der Waals surface area contributed by atoms with Gasteiger partial charge in [0.25, 0.3) is 0 Å². The first-order valence-electron chi connectivity index (χ1n) is 7.18. The average Bonchev–Trinajstić information content (AvgIpc) is 2.92. The van der Waals surface area contributed by atoms with E-state index < -0.39 is 6.10 Å². The van der Waals surface area contributed by atoms with Gasteiger partial charge in [0.1, 0.15) is 0 Å². The lowest BCUT2D eigenvalue weighted by atomic mass is 9.85. The zero-order valence-electron chi connectivity index (χ0n) is 12.5. The Bertz CT molecular complexity index is 456. The Morgan fingerprint density at radius 3 is 2.55 bits per heavy atom. The maximum absolute atomic E-state index is 14.2. The molecule has 4 heteroatoms. The van der Waals surface area contributed by atoms with Gasteiger partial charge in [0, 0.05) is 12.0 Å². The summed E-state index contributed by atoms with van der Waals surface area (Å²) in [5, 5.41) is 10.7. The molecule has 1 aromatic rings. The maximum Gasteiger partial charge on any atom is 0.168 e. The molecule has 0 radical (unpaired) electrons. The summed E-state index contributed by atoms with van der Waals surface area (Å²) in [6.07, 6.45) is 3.92. The van der Waals surface area contributed by atoms with Crippen LogP contribution in [0.15, 0.2) is 18.2 Å². The zero-order valence-corrected chi connectivity index (χ0v) is 12.5. The third kappa shape index (κ3) is 2.67. The Morgan fingerprint density at radius 2 is 2.00 bits per heavy atom. The van der Waals surface area contributed by atoms with Crippen LogP contribution in [0.25, 0.3) is 0 Å². The number of aliphatic hydroxyl groups excluding tert-OH is 1. The summed E-state index contributed by atoms with van der Waals surface area (Å²) in [6.45, 7) is 0. The van der Waals surface area contributed by atoms with Crippen molar-refractivity contribution < 1.29 is 14.2 Å². The molecular formula is C16H24FNO2. The molecule has 112 valence electrons. The molecule has 1 atom stereocenters. The lowest BCUT2D eigenvalue weighted by molar-refractivity contribution is -0.00297. The van der Waals surface area contributed by atoms with Crippen molar-refractivity contribution in [1.29, 1.82) is 0 Å². The fourth-order valence-electron chi connectivity index (χ4n) is 3.34. The number of ether oxygens (including phenoxy) is 1. The van der Waals surface area contributed by atoms with Crippen LogP contribution in [0.5, 0.6) is 5.75 Å². The molecule has 20 heavy (non-hydrogen) atoms. The Morgan fingerprint density at radius 1 is 1.35 bits per heavy atom. The molecule has 1 fully saturated rings. The molecule has 2 rings (SSSR count). The van der Waals surface area contributed by atoms with Gasteiger partial charge in [0.2, 0.25) is 0 Å². The second-order valence-electron chi connectivity index (χ2n) is 5.86. The third-order valence-corrected chi connectivity index (χ3v) is 4.66. The van der Waals surface area contributed by atoms with Crippen LogP contribution in [0.1, 0.15) is 31.2 Å². The van der Waals surface area contributed by atoms with E-state index in [0.717, 1.165) is 25.7 Å². The predicted molar refractivity (Wildman–Crippen MR) is 77.5 cm³/mol. The second kappa shape index (κ2) is 6.10. The van der Waals surface area contributed by atoms with Gasteiger partial charge in [-0.15, -0.1) is 0 Å². The van der Waals surface area contributed by atoms with Crippen LogP contribution in [-0.4, -0.2) is 42.9 Å². The van der Waals surface area contributed by atoms with E-state index in [1.54, 1.807) is 18.2 Å². The molecule has 1 unspecified atom stereocenters. The van der Waals surface area contributed by atoms with Crippen LogP contribution in [0.4, 0.5) is 4.39 Å². The number of aliphatic hydroxyl groups is 1. The minimum absolute atomic E-state index is 0.227. The summed E-state index contributed by atoms with van der Waals surface area (Å²) < 4.78 is 19.2. The Hall–Kier alpha value is -1.13. The summed E-state index contributed by atoms with van der Waals surface area (Å²) in [5.41, 5.74) is 0.292. The van der Waals surface area contributed by atoms with Crippen molar-refractivity contribution in [2.24, 2.45) is 0 Å². The molecule has 0 saturated heterocycles. The normalized spacial score (nSPS) is 19.3. The van der Waals surface area contributed by atoms with E-state index in [1.165, 1.54) is 7.11 Å². The number of methoxy groups -OCH3 is 1. The van der Waals surface area contributed by atoms with Crippen molar-refractivity contribution in [1.82, 2.24) is 4.90 Å². The molecule has 0 heterocycles. The number of rotatable bonds is 5. The quantitative estimate of drug-likeness (QED) is 0.900. The molecule has 3 nitrogen and oxygen atoms in total. The fourth-order valence-corrected chi connectivity index (χ4v) is 3.34. The van der Waals surface area contributed by atoms with Gasteiger partial charge in [-0.25, -0.2) is 4.39 Å². The van der Waals surface area contributed by atoms with E-state index >= 15 is 0 Å². The van der Waals surface area contributed by atoms with Crippen LogP contribution >= 0.6 is 0 Å². The highest BCUT2D eigenvalue weighted by atomic mass is 19.1. The van der Waals surface area contributed by atoms with Gasteiger partial charge in [-0.1, -0.05) is 25.0 Å². The third-order valence-electron chi connectivity index (χ3n) is 4.66. The lowest BCUT2D eigenvalue weighted by Gasteiger charge is -2.40. The van der Waals surface area contributed by atoms with Gasteiger partial charge in [-0.2, -0.15) is 0 Å². The molecule has 0 bridgehead atoms. The first-order chi connectivity index (χ1) is 9.51. The summed E-state index contributed by atoms with van der Waals surface area (Å²) in [6, 6.07) is 5.09. The van der Waals surface area contributed by atoms with Crippen molar-refractivity contribution in [3.05, 3.63) is 29.6 Å². The molecule has 0 aliphatic heterocycles. The van der Waals surface area contributed by atoms with E-state index in [1.807, 2.05) is 14.1 Å². The Kier molecular flexibility index (Phi) is 4.66. The van der Waals surface area contributed by atoms with Gasteiger partial charge in [0.15, 0.2) is 11.6 Å². The average molecular weight is 281 g/mol. The number of benzene rings is 1. The minimum atomic E-state index is -0.568. The monoisotopic (exact) mass is 281 g/mol. The number of nitrogens with zero attached hydrogens (tertiary/aromatic N) is 1. The van der Waals surface area contributed by atoms with E-state index in [4.69, 9.17) is 4.74 Å². The molecule has 1 aromatic carbocycles. The highest BCUT2D eigenvalue weighted by molar-refractivity contribution is 5.31. The summed E-state index contributed by atoms with van der Waals surface area (Å²) >= 11 is 0. The first kappa shape index (κ1) is 15.3. The summed E-state index contributed by atoms with van der Waals surface area (Å²) in [4.78, 5) is 2.10. The van der Waals surface area contributed by atoms with Crippen LogP contribution in [0.2, 0.25) is 0 Å². The Balaban J connectivity index is 2.21. The highest BCUT2D eigenvalue weighted by Crippen LogP contribution is 2.38. The van der Waals surface area contributed by atoms with Crippen molar-refractivity contribution in [2.45, 2.75) is 43.7 Å². The fraction of sp³-hybridized carbons (Fsp3) is 0.625. The van der Waals surface area contributed by atoms with Crippen molar-refractivity contribution in [2.75, 3.05) is 21.2 Å². The van der Waals surface area contributed by atoms with Gasteiger partial charge in [0.05, 0.1) is 13.2 Å². The molecule has 1 aliphatic carbocycles.